The van der Waals surface area contributed by atoms with Gasteiger partial charge < -0.3 is 5.32 Å². The van der Waals surface area contributed by atoms with Gasteiger partial charge >= 0.3 is 6.03 Å². The zero-order valence-corrected chi connectivity index (χ0v) is 16.8. The van der Waals surface area contributed by atoms with E-state index in [4.69, 9.17) is 0 Å². The van der Waals surface area contributed by atoms with Crippen LogP contribution < -0.4 is 5.32 Å². The lowest BCUT2D eigenvalue weighted by atomic mass is 9.88. The number of hydrogen-bond donors (Lipinski definition) is 1. The molecular formula is C21H30N2O3. The van der Waals surface area contributed by atoms with Gasteiger partial charge in [0.2, 0.25) is 0 Å². The minimum absolute atomic E-state index is 0.00441. The lowest BCUT2D eigenvalue weighted by Crippen LogP contribution is -2.46. The predicted octanol–water partition coefficient (Wildman–Crippen LogP) is 4.21. The normalized spacial score (nSPS) is 16.2. The zero-order chi connectivity index (χ0) is 19.6. The van der Waals surface area contributed by atoms with E-state index in [0.717, 1.165) is 35.1 Å². The number of nitrogens with zero attached hydrogens (tertiary/aromatic N) is 1. The first kappa shape index (κ1) is 20.1. The number of carbonyl (C=O) groups is 3. The lowest BCUT2D eigenvalue weighted by molar-refractivity contribution is -0.132. The second-order valence-electron chi connectivity index (χ2n) is 7.45. The first-order chi connectivity index (χ1) is 12.2. The van der Waals surface area contributed by atoms with E-state index in [0.29, 0.717) is 18.4 Å². The number of imide groups is 1. The molecule has 1 saturated heterocycles. The smallest absolute Gasteiger partial charge is 0.323 e. The van der Waals surface area contributed by atoms with Crippen molar-refractivity contribution in [1.82, 2.24) is 10.2 Å². The molecule has 1 heterocycles. The van der Waals surface area contributed by atoms with E-state index in [2.05, 4.69) is 5.32 Å². The van der Waals surface area contributed by atoms with Crippen molar-refractivity contribution < 1.29 is 14.4 Å². The fourth-order valence-corrected chi connectivity index (χ4v) is 4.31. The topological polar surface area (TPSA) is 66.5 Å². The summed E-state index contributed by atoms with van der Waals surface area (Å²) in [6, 6.07) is 1.63. The number of carbonyl (C=O) groups excluding carboxylic acids is 3. The van der Waals surface area contributed by atoms with Gasteiger partial charge in [-0.05, 0) is 62.8 Å². The molecule has 1 aliphatic heterocycles. The Morgan fingerprint density at radius 3 is 2.15 bits per heavy atom. The highest BCUT2D eigenvalue weighted by molar-refractivity contribution is 6.07. The fourth-order valence-electron chi connectivity index (χ4n) is 4.31. The zero-order valence-electron chi connectivity index (χ0n) is 16.8. The third-order valence-corrected chi connectivity index (χ3v) is 5.40. The van der Waals surface area contributed by atoms with Gasteiger partial charge in [0, 0.05) is 5.56 Å². The van der Waals surface area contributed by atoms with Crippen LogP contribution in [-0.4, -0.2) is 28.2 Å². The predicted molar refractivity (Wildman–Crippen MR) is 102 cm³/mol. The van der Waals surface area contributed by atoms with Gasteiger partial charge in [-0.25, -0.2) is 4.79 Å². The SMILES string of the molecule is CCCC1(CCC)NC(=O)N(Cc2c(C)cc(C)c(C(C)=O)c2C)C1=O. The first-order valence-corrected chi connectivity index (χ1v) is 9.43. The Kier molecular flexibility index (Phi) is 5.89. The van der Waals surface area contributed by atoms with Crippen molar-refractivity contribution in [3.05, 3.63) is 33.9 Å². The van der Waals surface area contributed by atoms with Crippen LogP contribution in [-0.2, 0) is 11.3 Å². The maximum Gasteiger partial charge on any atom is 0.325 e. The molecule has 0 aromatic heterocycles. The van der Waals surface area contributed by atoms with Gasteiger partial charge in [-0.3, -0.25) is 14.5 Å². The molecule has 2 rings (SSSR count). The molecule has 0 atom stereocenters. The minimum atomic E-state index is -0.781. The van der Waals surface area contributed by atoms with E-state index >= 15 is 0 Å². The van der Waals surface area contributed by atoms with Gasteiger partial charge in [0.15, 0.2) is 5.78 Å². The summed E-state index contributed by atoms with van der Waals surface area (Å²) in [5.41, 5.74) is 3.57. The number of nitrogens with one attached hydrogen (secondary N) is 1. The van der Waals surface area contributed by atoms with Gasteiger partial charge in [0.05, 0.1) is 6.54 Å². The van der Waals surface area contributed by atoms with Crippen LogP contribution in [0.2, 0.25) is 0 Å². The van der Waals surface area contributed by atoms with Crippen molar-refractivity contribution in [2.75, 3.05) is 0 Å². The summed E-state index contributed by atoms with van der Waals surface area (Å²) < 4.78 is 0. The van der Waals surface area contributed by atoms with Crippen LogP contribution in [0.25, 0.3) is 0 Å². The second kappa shape index (κ2) is 7.60. The molecule has 1 fully saturated rings. The molecule has 26 heavy (non-hydrogen) atoms. The van der Waals surface area contributed by atoms with E-state index in [9.17, 15) is 14.4 Å². The number of hydrogen-bond acceptors (Lipinski definition) is 3. The highest BCUT2D eigenvalue weighted by atomic mass is 16.2. The lowest BCUT2D eigenvalue weighted by Gasteiger charge is -2.26. The molecule has 0 spiro atoms. The summed E-state index contributed by atoms with van der Waals surface area (Å²) in [6.07, 6.45) is 2.95. The Morgan fingerprint density at radius 1 is 1.08 bits per heavy atom. The molecule has 1 aromatic rings. The molecule has 5 nitrogen and oxygen atoms in total. The molecule has 0 saturated carbocycles. The molecule has 0 aliphatic carbocycles. The van der Waals surface area contributed by atoms with E-state index in [1.807, 2.05) is 40.7 Å². The standard InChI is InChI=1S/C21H30N2O3/c1-7-9-21(10-8-2)19(25)23(20(26)22-21)12-17-13(3)11-14(4)18(15(17)5)16(6)24/h11H,7-10,12H2,1-6H3,(H,22,26). The highest BCUT2D eigenvalue weighted by Crippen LogP contribution is 2.31. The third kappa shape index (κ3) is 3.39. The average molecular weight is 358 g/mol. The van der Waals surface area contributed by atoms with Crippen molar-refractivity contribution in [1.29, 1.82) is 0 Å². The van der Waals surface area contributed by atoms with Crippen LogP contribution in [0, 0.1) is 20.8 Å². The van der Waals surface area contributed by atoms with Crippen LogP contribution in [0.15, 0.2) is 6.07 Å². The van der Waals surface area contributed by atoms with E-state index in [1.165, 1.54) is 4.90 Å². The van der Waals surface area contributed by atoms with Crippen molar-refractivity contribution >= 4 is 17.7 Å². The number of urea groups is 1. The summed E-state index contributed by atoms with van der Waals surface area (Å²) in [5, 5.41) is 2.95. The number of amides is 3. The summed E-state index contributed by atoms with van der Waals surface area (Å²) in [7, 11) is 0. The van der Waals surface area contributed by atoms with Gasteiger partial charge in [0.25, 0.3) is 5.91 Å². The summed E-state index contributed by atoms with van der Waals surface area (Å²) in [6.45, 7) is 11.6. The Labute approximate surface area is 156 Å². The van der Waals surface area contributed by atoms with Gasteiger partial charge in [0.1, 0.15) is 5.54 Å². The molecular weight excluding hydrogens is 328 g/mol. The van der Waals surface area contributed by atoms with E-state index in [-0.39, 0.29) is 24.3 Å². The molecule has 1 aliphatic rings. The molecule has 5 heteroatoms. The van der Waals surface area contributed by atoms with Crippen LogP contribution in [0.3, 0.4) is 0 Å². The maximum atomic E-state index is 13.1. The molecule has 142 valence electrons. The van der Waals surface area contributed by atoms with Crippen LogP contribution in [0.4, 0.5) is 4.79 Å². The third-order valence-electron chi connectivity index (χ3n) is 5.40. The van der Waals surface area contributed by atoms with Crippen molar-refractivity contribution in [2.24, 2.45) is 0 Å². The molecule has 0 unspecified atom stereocenters. The number of benzene rings is 1. The minimum Gasteiger partial charge on any atom is -0.323 e. The number of rotatable bonds is 7. The molecule has 1 N–H and O–H groups in total. The fraction of sp³-hybridized carbons (Fsp3) is 0.571. The second-order valence-corrected chi connectivity index (χ2v) is 7.45. The maximum absolute atomic E-state index is 13.1. The van der Waals surface area contributed by atoms with Crippen molar-refractivity contribution in [2.45, 2.75) is 79.3 Å². The number of ketones is 1. The van der Waals surface area contributed by atoms with E-state index in [1.54, 1.807) is 6.92 Å². The van der Waals surface area contributed by atoms with Crippen LogP contribution in [0.1, 0.15) is 79.1 Å². The molecule has 1 aromatic carbocycles. The monoisotopic (exact) mass is 358 g/mol. The molecule has 3 amide bonds. The Hall–Kier alpha value is -2.17. The van der Waals surface area contributed by atoms with Crippen LogP contribution >= 0.6 is 0 Å². The van der Waals surface area contributed by atoms with Gasteiger partial charge in [-0.15, -0.1) is 0 Å². The average Bonchev–Trinajstić information content (AvgIpc) is 2.75. The van der Waals surface area contributed by atoms with Gasteiger partial charge in [-0.1, -0.05) is 32.8 Å². The number of Topliss-reactive ketones (excluding diaryl/α,β-unsaturated/α-hetero) is 1. The Bertz CT molecular complexity index is 746. The molecule has 0 bridgehead atoms. The van der Waals surface area contributed by atoms with E-state index < -0.39 is 5.54 Å². The molecule has 0 radical (unpaired) electrons. The largest absolute Gasteiger partial charge is 0.325 e. The first-order valence-electron chi connectivity index (χ1n) is 9.43. The summed E-state index contributed by atoms with van der Waals surface area (Å²) >= 11 is 0. The van der Waals surface area contributed by atoms with Crippen molar-refractivity contribution in [3.8, 4) is 0 Å². The quantitative estimate of drug-likeness (QED) is 0.586. The van der Waals surface area contributed by atoms with Gasteiger partial charge in [-0.2, -0.15) is 0 Å². The number of aryl methyl sites for hydroxylation is 2. The summed E-state index contributed by atoms with van der Waals surface area (Å²) in [5.74, 6) is -0.139. The Balaban J connectivity index is 2.43. The Morgan fingerprint density at radius 2 is 1.65 bits per heavy atom. The summed E-state index contributed by atoms with van der Waals surface area (Å²) in [4.78, 5) is 39.0. The highest BCUT2D eigenvalue weighted by Gasteiger charge is 2.49. The van der Waals surface area contributed by atoms with Crippen LogP contribution in [0.5, 0.6) is 0 Å². The van der Waals surface area contributed by atoms with Crippen molar-refractivity contribution in [3.63, 3.8) is 0 Å².